The normalized spacial score (nSPS) is 10.7. The lowest BCUT2D eigenvalue weighted by molar-refractivity contribution is 0.258. The molecule has 0 fully saturated rings. The second-order valence-corrected chi connectivity index (χ2v) is 5.17. The first kappa shape index (κ1) is 18.2. The van der Waals surface area contributed by atoms with Crippen LogP contribution in [-0.4, -0.2) is 21.6 Å². The molecule has 2 N–H and O–H groups in total. The van der Waals surface area contributed by atoms with Gasteiger partial charge >= 0.3 is 0 Å². The highest BCUT2D eigenvalue weighted by Crippen LogP contribution is 2.23. The van der Waals surface area contributed by atoms with Crippen LogP contribution in [0.2, 0.25) is 10.0 Å². The highest BCUT2D eigenvalue weighted by molar-refractivity contribution is 6.42. The molecular formula is C13H17Cl3N4O. The number of rotatable bonds is 6. The van der Waals surface area contributed by atoms with Crippen molar-refractivity contribution in [1.29, 1.82) is 0 Å². The summed E-state index contributed by atoms with van der Waals surface area (Å²) in [6, 6.07) is 5.63. The quantitative estimate of drug-likeness (QED) is 0.865. The molecule has 0 radical (unpaired) electrons. The van der Waals surface area contributed by atoms with Crippen molar-refractivity contribution in [3.8, 4) is 0 Å². The van der Waals surface area contributed by atoms with Gasteiger partial charge < -0.3 is 10.3 Å². The lowest BCUT2D eigenvalue weighted by atomic mass is 10.2. The van der Waals surface area contributed by atoms with Crippen molar-refractivity contribution in [3.05, 3.63) is 45.5 Å². The summed E-state index contributed by atoms with van der Waals surface area (Å²) in [5, 5.41) is 5.01. The zero-order chi connectivity index (χ0) is 14.5. The van der Waals surface area contributed by atoms with Crippen LogP contribution in [-0.2, 0) is 19.6 Å². The SMILES string of the molecule is CCN(Cc1ccc(Cl)c(Cl)c1)Cc1noc(CN)n1.Cl. The third-order valence-electron chi connectivity index (χ3n) is 2.89. The minimum atomic E-state index is 0. The number of aromatic nitrogens is 2. The van der Waals surface area contributed by atoms with Crippen molar-refractivity contribution in [3.63, 3.8) is 0 Å². The molecular weight excluding hydrogens is 335 g/mol. The lowest BCUT2D eigenvalue weighted by Gasteiger charge is -2.18. The molecule has 0 amide bonds. The summed E-state index contributed by atoms with van der Waals surface area (Å²) in [5.41, 5.74) is 6.53. The van der Waals surface area contributed by atoms with Gasteiger partial charge in [-0.2, -0.15) is 4.98 Å². The van der Waals surface area contributed by atoms with Crippen LogP contribution in [0.25, 0.3) is 0 Å². The maximum Gasteiger partial charge on any atom is 0.240 e. The number of benzene rings is 1. The molecule has 0 aliphatic rings. The van der Waals surface area contributed by atoms with Crippen LogP contribution < -0.4 is 5.73 Å². The Hall–Kier alpha value is -0.850. The van der Waals surface area contributed by atoms with Crippen LogP contribution in [0.4, 0.5) is 0 Å². The van der Waals surface area contributed by atoms with Crippen molar-refractivity contribution in [2.45, 2.75) is 26.6 Å². The Morgan fingerprint density at radius 1 is 1.24 bits per heavy atom. The molecule has 0 saturated heterocycles. The molecule has 1 aromatic carbocycles. The van der Waals surface area contributed by atoms with Gasteiger partial charge in [-0.25, -0.2) is 0 Å². The van der Waals surface area contributed by atoms with E-state index in [1.54, 1.807) is 6.07 Å². The van der Waals surface area contributed by atoms with Crippen molar-refractivity contribution >= 4 is 35.6 Å². The highest BCUT2D eigenvalue weighted by atomic mass is 35.5. The van der Waals surface area contributed by atoms with Gasteiger partial charge in [-0.05, 0) is 24.2 Å². The monoisotopic (exact) mass is 350 g/mol. The third kappa shape index (κ3) is 5.13. The number of hydrogen-bond donors (Lipinski definition) is 1. The van der Waals surface area contributed by atoms with Crippen LogP contribution >= 0.6 is 35.6 Å². The zero-order valence-corrected chi connectivity index (χ0v) is 13.9. The Labute approximate surface area is 139 Å². The van der Waals surface area contributed by atoms with Crippen LogP contribution in [0.3, 0.4) is 0 Å². The van der Waals surface area contributed by atoms with Crippen molar-refractivity contribution in [2.24, 2.45) is 5.73 Å². The van der Waals surface area contributed by atoms with E-state index < -0.39 is 0 Å². The molecule has 0 saturated carbocycles. The smallest absolute Gasteiger partial charge is 0.240 e. The number of nitrogens with two attached hydrogens (primary N) is 1. The van der Waals surface area contributed by atoms with E-state index in [4.69, 9.17) is 33.5 Å². The van der Waals surface area contributed by atoms with Crippen molar-refractivity contribution < 1.29 is 4.52 Å². The minimum Gasteiger partial charge on any atom is -0.338 e. The first-order chi connectivity index (χ1) is 9.62. The van der Waals surface area contributed by atoms with Crippen molar-refractivity contribution in [1.82, 2.24) is 15.0 Å². The fourth-order valence-corrected chi connectivity index (χ4v) is 2.13. The Morgan fingerprint density at radius 3 is 2.57 bits per heavy atom. The standard InChI is InChI=1S/C13H16Cl2N4O.ClH/c1-2-19(8-12-17-13(6-16)20-18-12)7-9-3-4-10(14)11(15)5-9;/h3-5H,2,6-8,16H2,1H3;1H. The molecule has 8 heteroatoms. The molecule has 0 spiro atoms. The van der Waals surface area contributed by atoms with Crippen LogP contribution in [0, 0.1) is 0 Å². The molecule has 5 nitrogen and oxygen atoms in total. The molecule has 1 heterocycles. The molecule has 116 valence electrons. The van der Waals surface area contributed by atoms with Gasteiger partial charge in [0.05, 0.1) is 23.1 Å². The average molecular weight is 352 g/mol. The lowest BCUT2D eigenvalue weighted by Crippen LogP contribution is -2.23. The van der Waals surface area contributed by atoms with E-state index in [-0.39, 0.29) is 19.0 Å². The van der Waals surface area contributed by atoms with Gasteiger partial charge in [0.1, 0.15) is 0 Å². The topological polar surface area (TPSA) is 68.2 Å². The Morgan fingerprint density at radius 2 is 2.00 bits per heavy atom. The first-order valence-electron chi connectivity index (χ1n) is 6.30. The molecule has 1 aromatic heterocycles. The van der Waals surface area contributed by atoms with E-state index in [1.807, 2.05) is 12.1 Å². The maximum atomic E-state index is 6.02. The van der Waals surface area contributed by atoms with E-state index in [9.17, 15) is 0 Å². The number of hydrogen-bond acceptors (Lipinski definition) is 5. The largest absolute Gasteiger partial charge is 0.338 e. The Bertz CT molecular complexity index is 576. The van der Waals surface area contributed by atoms with Crippen LogP contribution in [0.5, 0.6) is 0 Å². The van der Waals surface area contributed by atoms with Gasteiger partial charge in [-0.15, -0.1) is 12.4 Å². The molecule has 0 bridgehead atoms. The molecule has 0 aliphatic heterocycles. The third-order valence-corrected chi connectivity index (χ3v) is 3.63. The van der Waals surface area contributed by atoms with Crippen molar-refractivity contribution in [2.75, 3.05) is 6.54 Å². The van der Waals surface area contributed by atoms with E-state index in [0.29, 0.717) is 28.3 Å². The van der Waals surface area contributed by atoms with Gasteiger partial charge in [-0.1, -0.05) is 41.3 Å². The first-order valence-corrected chi connectivity index (χ1v) is 7.05. The van der Waals surface area contributed by atoms with Crippen LogP contribution in [0.1, 0.15) is 24.2 Å². The van der Waals surface area contributed by atoms with Gasteiger partial charge in [0.15, 0.2) is 5.82 Å². The summed E-state index contributed by atoms with van der Waals surface area (Å²) in [4.78, 5) is 6.37. The number of nitrogens with zero attached hydrogens (tertiary/aromatic N) is 3. The van der Waals surface area contributed by atoms with Crippen LogP contribution in [0.15, 0.2) is 22.7 Å². The summed E-state index contributed by atoms with van der Waals surface area (Å²) in [6.45, 7) is 4.51. The van der Waals surface area contributed by atoms with E-state index in [1.165, 1.54) is 0 Å². The maximum absolute atomic E-state index is 6.02. The van der Waals surface area contributed by atoms with E-state index in [0.717, 1.165) is 18.7 Å². The zero-order valence-electron chi connectivity index (χ0n) is 11.6. The fourth-order valence-electron chi connectivity index (χ4n) is 1.81. The highest BCUT2D eigenvalue weighted by Gasteiger charge is 2.11. The number of halogens is 3. The summed E-state index contributed by atoms with van der Waals surface area (Å²) in [7, 11) is 0. The van der Waals surface area contributed by atoms with E-state index >= 15 is 0 Å². The predicted octanol–water partition coefficient (Wildman–Crippen LogP) is 3.28. The molecule has 0 unspecified atom stereocenters. The van der Waals surface area contributed by atoms with Gasteiger partial charge in [-0.3, -0.25) is 4.90 Å². The molecule has 2 rings (SSSR count). The fraction of sp³-hybridized carbons (Fsp3) is 0.385. The Balaban J connectivity index is 0.00000220. The molecule has 0 atom stereocenters. The second-order valence-electron chi connectivity index (χ2n) is 4.36. The molecule has 2 aromatic rings. The van der Waals surface area contributed by atoms with Gasteiger partial charge in [0, 0.05) is 6.54 Å². The molecule has 0 aliphatic carbocycles. The summed E-state index contributed by atoms with van der Waals surface area (Å²) in [6.07, 6.45) is 0. The minimum absolute atomic E-state index is 0. The van der Waals surface area contributed by atoms with Gasteiger partial charge in [0.25, 0.3) is 0 Å². The molecule has 21 heavy (non-hydrogen) atoms. The summed E-state index contributed by atoms with van der Waals surface area (Å²) in [5.74, 6) is 1.08. The summed E-state index contributed by atoms with van der Waals surface area (Å²) < 4.78 is 4.99. The summed E-state index contributed by atoms with van der Waals surface area (Å²) >= 11 is 11.9. The average Bonchev–Trinajstić information content (AvgIpc) is 2.90. The predicted molar refractivity (Wildman–Crippen MR) is 85.7 cm³/mol. The second kappa shape index (κ2) is 8.56. The Kier molecular flexibility index (Phi) is 7.42. The van der Waals surface area contributed by atoms with E-state index in [2.05, 4.69) is 22.0 Å². The van der Waals surface area contributed by atoms with Gasteiger partial charge in [0.2, 0.25) is 5.89 Å².